The van der Waals surface area contributed by atoms with Gasteiger partial charge in [-0.25, -0.2) is 0 Å². The van der Waals surface area contributed by atoms with Crippen LogP contribution >= 0.6 is 0 Å². The lowest BCUT2D eigenvalue weighted by atomic mass is 9.83. The van der Waals surface area contributed by atoms with Gasteiger partial charge in [0, 0.05) is 12.0 Å². The topological polar surface area (TPSA) is 52.5 Å². The van der Waals surface area contributed by atoms with Gasteiger partial charge in [-0.1, -0.05) is 97.1 Å². The third-order valence-corrected chi connectivity index (χ3v) is 6.55. The van der Waals surface area contributed by atoms with Crippen molar-refractivity contribution in [3.05, 3.63) is 119 Å². The van der Waals surface area contributed by atoms with Crippen molar-refractivity contribution >= 4 is 0 Å². The minimum Gasteiger partial charge on any atom is -0.374 e. The van der Waals surface area contributed by atoms with Crippen LogP contribution in [0.5, 0.6) is 0 Å². The number of nitrogens with one attached hydrogen (secondary N) is 1. The first-order valence-corrected chi connectivity index (χ1v) is 11.4. The fourth-order valence-electron chi connectivity index (χ4n) is 4.41. The highest BCUT2D eigenvalue weighted by molar-refractivity contribution is 5.44. The molecule has 3 rings (SSSR count). The number of hydroxylamine groups is 1. The number of hydrogen-bond acceptors (Lipinski definition) is 3. The molecule has 0 saturated heterocycles. The van der Waals surface area contributed by atoms with Gasteiger partial charge in [-0.2, -0.15) is 0 Å². The van der Waals surface area contributed by atoms with E-state index in [9.17, 15) is 10.3 Å². The molecular formula is C28H35N2O2+. The number of benzene rings is 3. The van der Waals surface area contributed by atoms with E-state index < -0.39 is 5.60 Å². The highest BCUT2D eigenvalue weighted by Crippen LogP contribution is 2.35. The molecule has 0 atom stereocenters. The van der Waals surface area contributed by atoms with Crippen LogP contribution in [0.1, 0.15) is 37.0 Å². The Balaban J connectivity index is 1.89. The molecule has 3 N–H and O–H groups in total. The largest absolute Gasteiger partial charge is 0.374 e. The van der Waals surface area contributed by atoms with Gasteiger partial charge < -0.3 is 9.59 Å². The minimum absolute atomic E-state index is 0.375. The third-order valence-electron chi connectivity index (χ3n) is 6.55. The Bertz CT molecular complexity index is 929. The Labute approximate surface area is 192 Å². The summed E-state index contributed by atoms with van der Waals surface area (Å²) in [4.78, 5) is 0. The van der Waals surface area contributed by atoms with Crippen LogP contribution < -0.4 is 5.48 Å². The monoisotopic (exact) mass is 431 g/mol. The van der Waals surface area contributed by atoms with Crippen LogP contribution in [0.4, 0.5) is 0 Å². The SMILES string of the molecule is CC[N+](CC)(CC/C=C(/NO)C(O)(c1ccccc1)c1ccccc1)Cc1ccccc1. The molecule has 0 amide bonds. The summed E-state index contributed by atoms with van der Waals surface area (Å²) in [6, 6.07) is 29.5. The summed E-state index contributed by atoms with van der Waals surface area (Å²) in [6.07, 6.45) is 2.66. The molecule has 3 aromatic rings. The molecule has 168 valence electrons. The lowest BCUT2D eigenvalue weighted by molar-refractivity contribution is -0.937. The summed E-state index contributed by atoms with van der Waals surface area (Å²) < 4.78 is 0.939. The average molecular weight is 432 g/mol. The molecule has 0 aromatic heterocycles. The van der Waals surface area contributed by atoms with E-state index in [-0.39, 0.29) is 0 Å². The van der Waals surface area contributed by atoms with Crippen molar-refractivity contribution in [1.29, 1.82) is 0 Å². The molecule has 4 nitrogen and oxygen atoms in total. The molecule has 0 unspecified atom stereocenters. The Morgan fingerprint density at radius 3 is 1.72 bits per heavy atom. The number of hydrogen-bond donors (Lipinski definition) is 3. The Hall–Kier alpha value is -2.92. The normalized spacial score (nSPS) is 12.6. The van der Waals surface area contributed by atoms with E-state index in [2.05, 4.69) is 43.6 Å². The molecule has 3 aromatic carbocycles. The van der Waals surface area contributed by atoms with E-state index in [4.69, 9.17) is 0 Å². The predicted molar refractivity (Wildman–Crippen MR) is 130 cm³/mol. The van der Waals surface area contributed by atoms with E-state index in [1.165, 1.54) is 5.56 Å². The Kier molecular flexibility index (Phi) is 8.23. The van der Waals surface area contributed by atoms with Gasteiger partial charge in [0.05, 0.1) is 25.3 Å². The van der Waals surface area contributed by atoms with Crippen molar-refractivity contribution < 1.29 is 14.8 Å². The van der Waals surface area contributed by atoms with Gasteiger partial charge in [0.1, 0.15) is 6.54 Å². The smallest absolute Gasteiger partial charge is 0.156 e. The number of quaternary nitrogens is 1. The van der Waals surface area contributed by atoms with Gasteiger partial charge in [-0.15, -0.1) is 0 Å². The molecular weight excluding hydrogens is 396 g/mol. The van der Waals surface area contributed by atoms with E-state index in [0.717, 1.165) is 37.1 Å². The fraction of sp³-hybridized carbons (Fsp3) is 0.286. The van der Waals surface area contributed by atoms with Crippen molar-refractivity contribution in [1.82, 2.24) is 5.48 Å². The second-order valence-corrected chi connectivity index (χ2v) is 8.30. The van der Waals surface area contributed by atoms with Crippen LogP contribution in [-0.2, 0) is 12.1 Å². The van der Waals surface area contributed by atoms with E-state index in [0.29, 0.717) is 16.8 Å². The Morgan fingerprint density at radius 1 is 0.812 bits per heavy atom. The molecule has 0 aliphatic carbocycles. The lowest BCUT2D eigenvalue weighted by Crippen LogP contribution is -2.47. The van der Waals surface area contributed by atoms with Crippen LogP contribution in [0, 0.1) is 0 Å². The zero-order valence-electron chi connectivity index (χ0n) is 19.1. The van der Waals surface area contributed by atoms with Gasteiger partial charge in [0.15, 0.2) is 5.60 Å². The first-order valence-electron chi connectivity index (χ1n) is 11.4. The predicted octanol–water partition coefficient (Wildman–Crippen LogP) is 5.23. The van der Waals surface area contributed by atoms with Gasteiger partial charge in [0.2, 0.25) is 0 Å². The Morgan fingerprint density at radius 2 is 1.28 bits per heavy atom. The average Bonchev–Trinajstić information content (AvgIpc) is 2.87. The highest BCUT2D eigenvalue weighted by Gasteiger charge is 2.36. The number of rotatable bonds is 11. The molecule has 0 heterocycles. The molecule has 0 aliphatic rings. The van der Waals surface area contributed by atoms with Crippen molar-refractivity contribution in [3.63, 3.8) is 0 Å². The zero-order chi connectivity index (χ0) is 22.9. The standard InChI is InChI=1S/C28H35N2O2/c1-3-30(4-2,23-24-15-8-5-9-16-24)22-14-21-27(29-32)28(31,25-17-10-6-11-18-25)26-19-12-7-13-20-26/h5-13,15-21,29,31-32H,3-4,14,22-23H2,1-2H3/q+1/b27-21+. The first kappa shape index (κ1) is 23.7. The maximum atomic E-state index is 11.9. The fourth-order valence-corrected chi connectivity index (χ4v) is 4.41. The molecule has 32 heavy (non-hydrogen) atoms. The molecule has 0 radical (unpaired) electrons. The lowest BCUT2D eigenvalue weighted by Gasteiger charge is -2.37. The summed E-state index contributed by atoms with van der Waals surface area (Å²) in [5.74, 6) is 0. The first-order chi connectivity index (χ1) is 15.6. The third kappa shape index (κ3) is 5.28. The molecule has 4 heteroatoms. The van der Waals surface area contributed by atoms with Crippen LogP contribution in [0.2, 0.25) is 0 Å². The second kappa shape index (κ2) is 11.1. The van der Waals surface area contributed by atoms with Crippen molar-refractivity contribution in [2.24, 2.45) is 0 Å². The van der Waals surface area contributed by atoms with E-state index >= 15 is 0 Å². The van der Waals surface area contributed by atoms with Crippen LogP contribution in [0.25, 0.3) is 0 Å². The van der Waals surface area contributed by atoms with E-state index in [1.54, 1.807) is 0 Å². The summed E-state index contributed by atoms with van der Waals surface area (Å²) in [7, 11) is 0. The second-order valence-electron chi connectivity index (χ2n) is 8.30. The minimum atomic E-state index is -1.47. The van der Waals surface area contributed by atoms with Crippen molar-refractivity contribution in [2.45, 2.75) is 32.4 Å². The molecule has 0 spiro atoms. The van der Waals surface area contributed by atoms with Gasteiger partial charge >= 0.3 is 0 Å². The van der Waals surface area contributed by atoms with Gasteiger partial charge in [-0.3, -0.25) is 10.7 Å². The van der Waals surface area contributed by atoms with Crippen LogP contribution in [-0.4, -0.2) is 34.4 Å². The maximum Gasteiger partial charge on any atom is 0.156 e. The molecule has 0 bridgehead atoms. The summed E-state index contributed by atoms with van der Waals surface area (Å²) in [5.41, 5.74) is 3.96. The quantitative estimate of drug-likeness (QED) is 0.288. The van der Waals surface area contributed by atoms with Crippen LogP contribution in [0.3, 0.4) is 0 Å². The summed E-state index contributed by atoms with van der Waals surface area (Å²) in [5, 5.41) is 22.0. The highest BCUT2D eigenvalue weighted by atomic mass is 16.5. The van der Waals surface area contributed by atoms with Crippen molar-refractivity contribution in [2.75, 3.05) is 19.6 Å². The van der Waals surface area contributed by atoms with Crippen molar-refractivity contribution in [3.8, 4) is 0 Å². The molecule has 0 aliphatic heterocycles. The molecule has 0 fully saturated rings. The summed E-state index contributed by atoms with van der Waals surface area (Å²) >= 11 is 0. The number of aliphatic hydroxyl groups is 1. The molecule has 0 saturated carbocycles. The number of nitrogens with zero attached hydrogens (tertiary/aromatic N) is 1. The van der Waals surface area contributed by atoms with E-state index in [1.807, 2.05) is 72.8 Å². The van der Waals surface area contributed by atoms with Crippen LogP contribution in [0.15, 0.2) is 103 Å². The zero-order valence-corrected chi connectivity index (χ0v) is 19.1. The van der Waals surface area contributed by atoms with Gasteiger partial charge in [-0.05, 0) is 25.0 Å². The van der Waals surface area contributed by atoms with Gasteiger partial charge in [0.25, 0.3) is 0 Å². The summed E-state index contributed by atoms with van der Waals surface area (Å²) in [6.45, 7) is 8.36. The maximum absolute atomic E-state index is 11.9.